The molecule has 1 amide bonds. The Kier molecular flexibility index (Phi) is 6.75. The number of hydrogen-bond donors (Lipinski definition) is 2. The van der Waals surface area contributed by atoms with Crippen molar-refractivity contribution in [3.8, 4) is 0 Å². The maximum atomic E-state index is 12.6. The molecule has 0 saturated heterocycles. The fourth-order valence-corrected chi connectivity index (χ4v) is 3.24. The smallest absolute Gasteiger partial charge is 0.308 e. The van der Waals surface area contributed by atoms with Crippen LogP contribution in [0.1, 0.15) is 60.9 Å². The third-order valence-corrected chi connectivity index (χ3v) is 4.51. The normalized spacial score (nSPS) is 12.0. The molecule has 0 aliphatic rings. The molecule has 1 atom stereocenters. The van der Waals surface area contributed by atoms with Crippen LogP contribution < -0.4 is 5.32 Å². The molecule has 134 valence electrons. The summed E-state index contributed by atoms with van der Waals surface area (Å²) in [5.41, 5.74) is 1.96. The number of rotatable bonds is 7. The second-order valence-electron chi connectivity index (χ2n) is 5.90. The van der Waals surface area contributed by atoms with E-state index in [0.29, 0.717) is 11.1 Å². The van der Waals surface area contributed by atoms with E-state index in [4.69, 9.17) is 4.74 Å². The van der Waals surface area contributed by atoms with Crippen molar-refractivity contribution < 1.29 is 14.3 Å². The summed E-state index contributed by atoms with van der Waals surface area (Å²) in [6.07, 6.45) is 0.0582. The summed E-state index contributed by atoms with van der Waals surface area (Å²) >= 11 is 3.43. The van der Waals surface area contributed by atoms with Crippen molar-refractivity contribution in [3.63, 3.8) is 0 Å². The van der Waals surface area contributed by atoms with Crippen molar-refractivity contribution in [1.82, 2.24) is 15.5 Å². The molecular formula is C18H22BrN3O3. The van der Waals surface area contributed by atoms with E-state index in [1.807, 2.05) is 44.2 Å². The zero-order valence-electron chi connectivity index (χ0n) is 14.5. The summed E-state index contributed by atoms with van der Waals surface area (Å²) in [5, 5.41) is 9.86. The molecule has 0 aliphatic heterocycles. The van der Waals surface area contributed by atoms with Gasteiger partial charge in [-0.1, -0.05) is 44.2 Å². The lowest BCUT2D eigenvalue weighted by atomic mass is 10.0. The second-order valence-corrected chi connectivity index (χ2v) is 6.69. The van der Waals surface area contributed by atoms with Gasteiger partial charge in [0.15, 0.2) is 5.69 Å². The topological polar surface area (TPSA) is 84.1 Å². The second kappa shape index (κ2) is 8.80. The first kappa shape index (κ1) is 19.2. The van der Waals surface area contributed by atoms with Gasteiger partial charge in [0.1, 0.15) is 0 Å². The minimum atomic E-state index is -0.487. The number of nitrogens with zero attached hydrogens (tertiary/aromatic N) is 1. The molecule has 0 radical (unpaired) electrons. The first-order valence-corrected chi connectivity index (χ1v) is 8.98. The number of H-pyrrole nitrogens is 1. The van der Waals surface area contributed by atoms with Crippen molar-refractivity contribution in [3.05, 3.63) is 51.8 Å². The Morgan fingerprint density at radius 1 is 1.28 bits per heavy atom. The van der Waals surface area contributed by atoms with Gasteiger partial charge in [0.25, 0.3) is 5.91 Å². The number of esters is 1. The number of carbonyl (C=O) groups is 2. The molecule has 7 heteroatoms. The van der Waals surface area contributed by atoms with Crippen LogP contribution in [0.15, 0.2) is 34.8 Å². The molecule has 0 fully saturated rings. The zero-order valence-corrected chi connectivity index (χ0v) is 16.1. The van der Waals surface area contributed by atoms with Gasteiger partial charge in [0, 0.05) is 0 Å². The van der Waals surface area contributed by atoms with Gasteiger partial charge in [-0.2, -0.15) is 5.10 Å². The summed E-state index contributed by atoms with van der Waals surface area (Å²) in [6, 6.07) is 8.85. The van der Waals surface area contributed by atoms with Crippen molar-refractivity contribution in [2.45, 2.75) is 39.2 Å². The van der Waals surface area contributed by atoms with Gasteiger partial charge in [-0.05, 0) is 34.3 Å². The van der Waals surface area contributed by atoms with Crippen LogP contribution in [0.5, 0.6) is 0 Å². The maximum Gasteiger partial charge on any atom is 0.308 e. The minimum absolute atomic E-state index is 0.0582. The van der Waals surface area contributed by atoms with Crippen LogP contribution in [0.4, 0.5) is 0 Å². The van der Waals surface area contributed by atoms with Crippen molar-refractivity contribution in [2.75, 3.05) is 6.61 Å². The molecule has 0 spiro atoms. The van der Waals surface area contributed by atoms with Gasteiger partial charge >= 0.3 is 5.97 Å². The number of carbonyl (C=O) groups excluding carboxylic acids is 2. The molecule has 6 nitrogen and oxygen atoms in total. The lowest BCUT2D eigenvalue weighted by Crippen LogP contribution is -2.31. The first-order valence-electron chi connectivity index (χ1n) is 8.19. The lowest BCUT2D eigenvalue weighted by Gasteiger charge is -2.18. The zero-order chi connectivity index (χ0) is 18.4. The number of ether oxygens (including phenoxy) is 1. The molecule has 1 heterocycles. The quantitative estimate of drug-likeness (QED) is 0.684. The van der Waals surface area contributed by atoms with E-state index in [9.17, 15) is 9.59 Å². The number of hydrogen-bond acceptors (Lipinski definition) is 4. The Balaban J connectivity index is 2.21. The molecule has 2 rings (SSSR count). The Morgan fingerprint density at radius 3 is 2.52 bits per heavy atom. The summed E-state index contributed by atoms with van der Waals surface area (Å²) in [6.45, 7) is 6.07. The van der Waals surface area contributed by atoms with E-state index in [2.05, 4.69) is 31.4 Å². The number of amides is 1. The maximum absolute atomic E-state index is 12.6. The summed E-state index contributed by atoms with van der Waals surface area (Å²) in [5.74, 6) is -0.512. The number of nitrogens with one attached hydrogen (secondary N) is 2. The molecule has 0 aliphatic carbocycles. The highest BCUT2D eigenvalue weighted by atomic mass is 79.9. The van der Waals surface area contributed by atoms with Gasteiger partial charge in [0.05, 0.1) is 29.2 Å². The highest BCUT2D eigenvalue weighted by Crippen LogP contribution is 2.26. The van der Waals surface area contributed by atoms with Crippen LogP contribution >= 0.6 is 15.9 Å². The molecule has 1 unspecified atom stereocenters. The van der Waals surface area contributed by atoms with Gasteiger partial charge in [-0.15, -0.1) is 0 Å². The van der Waals surface area contributed by atoms with Gasteiger partial charge in [-0.3, -0.25) is 14.7 Å². The largest absolute Gasteiger partial charge is 0.466 e. The minimum Gasteiger partial charge on any atom is -0.466 e. The third kappa shape index (κ3) is 4.92. The van der Waals surface area contributed by atoms with Gasteiger partial charge < -0.3 is 10.1 Å². The van der Waals surface area contributed by atoms with E-state index >= 15 is 0 Å². The predicted molar refractivity (Wildman–Crippen MR) is 98.3 cm³/mol. The highest BCUT2D eigenvalue weighted by molar-refractivity contribution is 9.10. The average Bonchev–Trinajstić information content (AvgIpc) is 2.97. The summed E-state index contributed by atoms with van der Waals surface area (Å²) in [7, 11) is 0. The summed E-state index contributed by atoms with van der Waals surface area (Å²) in [4.78, 5) is 24.5. The number of aromatic nitrogens is 2. The molecule has 2 N–H and O–H groups in total. The molecular weight excluding hydrogens is 386 g/mol. The monoisotopic (exact) mass is 407 g/mol. The van der Waals surface area contributed by atoms with Crippen LogP contribution in [0.3, 0.4) is 0 Å². The fourth-order valence-electron chi connectivity index (χ4n) is 2.43. The van der Waals surface area contributed by atoms with E-state index in [1.54, 1.807) is 6.92 Å². The van der Waals surface area contributed by atoms with Gasteiger partial charge in [0.2, 0.25) is 0 Å². The van der Waals surface area contributed by atoms with Crippen molar-refractivity contribution >= 4 is 27.8 Å². The molecule has 1 aromatic carbocycles. The number of aromatic amines is 1. The van der Waals surface area contributed by atoms with E-state index in [-0.39, 0.29) is 29.9 Å². The molecule has 25 heavy (non-hydrogen) atoms. The molecule has 0 bridgehead atoms. The first-order chi connectivity index (χ1) is 11.9. The van der Waals surface area contributed by atoms with Gasteiger partial charge in [-0.25, -0.2) is 0 Å². The lowest BCUT2D eigenvalue weighted by molar-refractivity contribution is -0.143. The Morgan fingerprint density at radius 2 is 1.96 bits per heavy atom. The average molecular weight is 408 g/mol. The molecule has 0 saturated carbocycles. The molecule has 2 aromatic rings. The van der Waals surface area contributed by atoms with Crippen LogP contribution in [0.25, 0.3) is 0 Å². The third-order valence-electron chi connectivity index (χ3n) is 3.71. The Hall–Kier alpha value is -2.15. The Labute approximate surface area is 155 Å². The van der Waals surface area contributed by atoms with Crippen molar-refractivity contribution in [2.24, 2.45) is 0 Å². The van der Waals surface area contributed by atoms with Crippen LogP contribution in [0.2, 0.25) is 0 Å². The highest BCUT2D eigenvalue weighted by Gasteiger charge is 2.24. The number of halogens is 1. The van der Waals surface area contributed by atoms with E-state index in [1.165, 1.54) is 0 Å². The molecule has 1 aromatic heterocycles. The van der Waals surface area contributed by atoms with E-state index < -0.39 is 6.04 Å². The summed E-state index contributed by atoms with van der Waals surface area (Å²) < 4.78 is 5.66. The van der Waals surface area contributed by atoms with Crippen molar-refractivity contribution in [1.29, 1.82) is 0 Å². The number of benzene rings is 1. The van der Waals surface area contributed by atoms with Crippen LogP contribution in [0, 0.1) is 0 Å². The Bertz CT molecular complexity index is 728. The predicted octanol–water partition coefficient (Wildman–Crippen LogP) is 3.72. The standard InChI is InChI=1S/C18H22BrN3O3/c1-4-25-14(23)10-13(12-8-6-5-7-9-12)20-18(24)17-15(19)16(11(2)3)21-22-17/h5-9,11,13H,4,10H2,1-3H3,(H,20,24)(H,21,22). The fraction of sp³-hybridized carbons (Fsp3) is 0.389. The SMILES string of the molecule is CCOC(=O)CC(NC(=O)c1n[nH]c(C(C)C)c1Br)c1ccccc1. The van der Waals surface area contributed by atoms with Crippen LogP contribution in [-0.2, 0) is 9.53 Å². The van der Waals surface area contributed by atoms with E-state index in [0.717, 1.165) is 11.3 Å². The van der Waals surface area contributed by atoms with Crippen LogP contribution in [-0.4, -0.2) is 28.7 Å².